The first kappa shape index (κ1) is 99.1. The molecule has 3 aliphatic rings. The average Bonchev–Trinajstić information content (AvgIpc) is 1.67. The molecule has 3 fully saturated rings. The standard InChI is InChI=1S/C76H123N19O21S/c1-39(2)33-48(64(104)90-53(38-117)75(115)116)85-65(105)50(35-44-19-11-10-12-20-44)87-68(108)54-23-16-30-93(54)72(112)46(22-15-29-81-76(79)80)83-62(102)45(21-13-14-28-77)82-70(110)59(41(5)6)91-66(106)51(36-58(99)100)86-63(103)49(34-40(3)4)88-71(111)60(42(7)8)92-69(109)55-24-17-31-94(55)74(114)56-25-18-32-95(56)73(113)47(26-27-57(97)98)84-67(107)52(37-96)89-61(101)43(9)78/h10-12,19-20,39-43,45-56,59-60,96,117H,13-18,21-38,77-78H2,1-9H3,(H,82,110)(H,83,102)(H,84,107)(H,85,105)(H,86,103)(H,87,108)(H,88,111)(H,89,101)(H,90,104)(H,91,106)(H,92,109)(H,97,98)(H,99,100)(H,115,116)(H4,79,80,81)/t43-,45-,46-,47-,48-,49-,50-,51-,52-,53-,54-,55-,56-,59-,60-/m0/s1. The van der Waals surface area contributed by atoms with Gasteiger partial charge < -0.3 is 117 Å². The monoisotopic (exact) mass is 1670 g/mol. The van der Waals surface area contributed by atoms with Crippen molar-refractivity contribution in [2.45, 2.75) is 262 Å². The molecule has 1 aromatic rings. The number of aliphatic imine (C=N–C) groups is 1. The molecule has 117 heavy (non-hydrogen) atoms. The van der Waals surface area contributed by atoms with E-state index in [4.69, 9.17) is 22.9 Å². The van der Waals surface area contributed by atoms with Gasteiger partial charge in [0, 0.05) is 44.8 Å². The van der Waals surface area contributed by atoms with Gasteiger partial charge in [0.1, 0.15) is 84.6 Å². The lowest BCUT2D eigenvalue weighted by atomic mass is 9.98. The van der Waals surface area contributed by atoms with E-state index in [2.05, 4.69) is 76.1 Å². The maximum Gasteiger partial charge on any atom is 0.327 e. The molecular weight excluding hydrogens is 1550 g/mol. The average molecular weight is 1670 g/mol. The quantitative estimate of drug-likeness (QED) is 0.0127. The second-order valence-corrected chi connectivity index (χ2v) is 31.6. The van der Waals surface area contributed by atoms with Crippen LogP contribution in [0.3, 0.4) is 0 Å². The van der Waals surface area contributed by atoms with Crippen LogP contribution in [0, 0.1) is 23.7 Å². The van der Waals surface area contributed by atoms with Gasteiger partial charge in [-0.2, -0.15) is 12.6 Å². The first-order chi connectivity index (χ1) is 55.1. The van der Waals surface area contributed by atoms with E-state index in [1.807, 2.05) is 0 Å². The first-order valence-corrected chi connectivity index (χ1v) is 40.5. The smallest absolute Gasteiger partial charge is 0.327 e. The molecule has 40 nitrogen and oxygen atoms in total. The van der Waals surface area contributed by atoms with Gasteiger partial charge in [0.15, 0.2) is 5.96 Å². The van der Waals surface area contributed by atoms with Crippen molar-refractivity contribution in [1.29, 1.82) is 0 Å². The lowest BCUT2D eigenvalue weighted by molar-refractivity contribution is -0.148. The van der Waals surface area contributed by atoms with Crippen molar-refractivity contribution < 1.29 is 102 Å². The number of rotatable bonds is 49. The molecule has 0 spiro atoms. The van der Waals surface area contributed by atoms with Crippen LogP contribution in [0.2, 0.25) is 0 Å². The fourth-order valence-corrected chi connectivity index (χ4v) is 14.0. The third-order valence-electron chi connectivity index (χ3n) is 20.0. The summed E-state index contributed by atoms with van der Waals surface area (Å²) in [5, 5.41) is 67.4. The summed E-state index contributed by atoms with van der Waals surface area (Å²) in [7, 11) is 0. The number of thiol groups is 1. The van der Waals surface area contributed by atoms with Gasteiger partial charge in [-0.05, 0) is 133 Å². The number of unbranched alkanes of at least 4 members (excludes halogenated alkanes) is 1. The molecule has 0 bridgehead atoms. The summed E-state index contributed by atoms with van der Waals surface area (Å²) in [5.41, 5.74) is 23.3. The first-order valence-electron chi connectivity index (χ1n) is 39.8. The number of likely N-dealkylation sites (tertiary alicyclic amines) is 3. The van der Waals surface area contributed by atoms with Crippen LogP contribution in [0.1, 0.15) is 171 Å². The van der Waals surface area contributed by atoms with E-state index < -0.39 is 229 Å². The Balaban J connectivity index is 1.56. The van der Waals surface area contributed by atoms with E-state index in [1.165, 1.54) is 35.5 Å². The zero-order valence-corrected chi connectivity index (χ0v) is 69.0. The largest absolute Gasteiger partial charge is 0.481 e. The Kier molecular flexibility index (Phi) is 41.5. The Morgan fingerprint density at radius 2 is 0.897 bits per heavy atom. The number of aliphatic hydroxyl groups excluding tert-OH is 1. The van der Waals surface area contributed by atoms with E-state index in [-0.39, 0.29) is 120 Å². The van der Waals surface area contributed by atoms with Crippen molar-refractivity contribution in [3.05, 3.63) is 35.9 Å². The van der Waals surface area contributed by atoms with E-state index in [1.54, 1.807) is 71.9 Å². The van der Waals surface area contributed by atoms with Crippen LogP contribution in [0.15, 0.2) is 35.3 Å². The van der Waals surface area contributed by atoms with Gasteiger partial charge in [-0.15, -0.1) is 0 Å². The van der Waals surface area contributed by atoms with Gasteiger partial charge >= 0.3 is 17.9 Å². The van der Waals surface area contributed by atoms with Crippen LogP contribution in [0.25, 0.3) is 0 Å². The molecule has 0 aromatic heterocycles. The summed E-state index contributed by atoms with van der Waals surface area (Å²) in [5.74, 6) is -18.9. The molecule has 41 heteroatoms. The zero-order valence-electron chi connectivity index (χ0n) is 68.1. The lowest BCUT2D eigenvalue weighted by Crippen LogP contribution is -2.62. The highest BCUT2D eigenvalue weighted by Gasteiger charge is 2.47. The Morgan fingerprint density at radius 3 is 1.39 bits per heavy atom. The Bertz CT molecular complexity index is 3640. The van der Waals surface area contributed by atoms with Crippen LogP contribution in [-0.2, 0) is 87.9 Å². The predicted molar refractivity (Wildman–Crippen MR) is 428 cm³/mol. The van der Waals surface area contributed by atoms with E-state index >= 15 is 0 Å². The number of aliphatic hydroxyl groups is 1. The molecule has 3 aliphatic heterocycles. The molecule has 0 unspecified atom stereocenters. The van der Waals surface area contributed by atoms with Crippen molar-refractivity contribution in [2.75, 3.05) is 45.1 Å². The van der Waals surface area contributed by atoms with Crippen LogP contribution in [0.5, 0.6) is 0 Å². The van der Waals surface area contributed by atoms with E-state index in [9.17, 15) is 102 Å². The molecule has 14 amide bonds. The minimum absolute atomic E-state index is 0.00508. The summed E-state index contributed by atoms with van der Waals surface area (Å²) >= 11 is 4.04. The number of guanidine groups is 1. The fourth-order valence-electron chi connectivity index (χ4n) is 13.8. The molecule has 0 saturated carbocycles. The summed E-state index contributed by atoms with van der Waals surface area (Å²) in [6.45, 7) is 13.9. The zero-order chi connectivity index (χ0) is 87.7. The SMILES string of the molecule is CC(C)C[C@H](NC(=O)[C@H](Cc1ccccc1)NC(=O)[C@@H]1CCCN1C(=O)[C@H](CCCN=C(N)N)NC(=O)[C@H](CCCCN)NC(=O)[C@@H](NC(=O)[C@H](CC(=O)O)NC(=O)[C@H](CC(C)C)NC(=O)[C@@H](NC(=O)[C@@H]1CCCN1C(=O)[C@@H]1CCCN1C(=O)[C@H](CCC(=O)O)NC(=O)[C@H](CO)NC(=O)[C@H](C)N)C(C)C)C(C)C)C(=O)N[C@@H](CS)C(=O)O. The number of amides is 14. The summed E-state index contributed by atoms with van der Waals surface area (Å²) in [4.78, 5) is 243. The van der Waals surface area contributed by atoms with Crippen molar-refractivity contribution in [2.24, 2.45) is 51.6 Å². The molecule has 3 heterocycles. The summed E-state index contributed by atoms with van der Waals surface area (Å²) in [6, 6.07) is -12.4. The van der Waals surface area contributed by atoms with Gasteiger partial charge in [0.2, 0.25) is 82.7 Å². The molecule has 0 radical (unpaired) electrons. The number of aliphatic carboxylic acids is 3. The molecule has 15 atom stereocenters. The summed E-state index contributed by atoms with van der Waals surface area (Å²) in [6.07, 6.45) is -0.498. The molecular formula is C76H123N19O21S. The number of carboxylic acids is 3. The number of carbonyl (C=O) groups is 17. The van der Waals surface area contributed by atoms with Crippen LogP contribution in [-0.4, -0.2) is 277 Å². The van der Waals surface area contributed by atoms with Crippen LogP contribution < -0.4 is 81.4 Å². The number of nitrogens with two attached hydrogens (primary N) is 4. The fraction of sp³-hybridized carbons (Fsp3) is 0.684. The van der Waals surface area contributed by atoms with Gasteiger partial charge in [-0.25, -0.2) is 4.79 Å². The third kappa shape index (κ3) is 31.9. The van der Waals surface area contributed by atoms with Gasteiger partial charge in [0.25, 0.3) is 0 Å². The second-order valence-electron chi connectivity index (χ2n) is 31.3. The molecule has 23 N–H and O–H groups in total. The van der Waals surface area contributed by atoms with E-state index in [0.717, 1.165) is 0 Å². The molecule has 3 saturated heterocycles. The van der Waals surface area contributed by atoms with Crippen molar-refractivity contribution >= 4 is 119 Å². The number of benzene rings is 1. The third-order valence-corrected chi connectivity index (χ3v) is 20.4. The highest BCUT2D eigenvalue weighted by atomic mass is 32.1. The molecule has 0 aliphatic carbocycles. The predicted octanol–water partition coefficient (Wildman–Crippen LogP) is -4.18. The number of hydrogen-bond donors (Lipinski definition) is 20. The number of nitrogens with zero attached hydrogens (tertiary/aromatic N) is 4. The van der Waals surface area contributed by atoms with Gasteiger partial charge in [-0.1, -0.05) is 85.7 Å². The number of carbonyl (C=O) groups excluding carboxylic acids is 14. The summed E-state index contributed by atoms with van der Waals surface area (Å²) < 4.78 is 0. The minimum atomic E-state index is -1.92. The van der Waals surface area contributed by atoms with Crippen LogP contribution in [0.4, 0.5) is 0 Å². The molecule has 1 aromatic carbocycles. The van der Waals surface area contributed by atoms with Gasteiger partial charge in [0.05, 0.1) is 19.1 Å². The molecule has 4 rings (SSSR count). The normalized spacial score (nSPS) is 18.3. The molecule has 654 valence electrons. The number of hydrogen-bond acceptors (Lipinski definition) is 22. The lowest BCUT2D eigenvalue weighted by Gasteiger charge is -2.34. The number of carboxylic acid groups (broad SMARTS) is 3. The van der Waals surface area contributed by atoms with Crippen molar-refractivity contribution in [3.8, 4) is 0 Å². The minimum Gasteiger partial charge on any atom is -0.481 e. The Labute approximate surface area is 686 Å². The van der Waals surface area contributed by atoms with Crippen molar-refractivity contribution in [3.63, 3.8) is 0 Å². The van der Waals surface area contributed by atoms with Crippen molar-refractivity contribution in [1.82, 2.24) is 73.2 Å². The maximum atomic E-state index is 15.0. The van der Waals surface area contributed by atoms with Gasteiger partial charge in [-0.3, -0.25) is 81.7 Å². The van der Waals surface area contributed by atoms with E-state index in [0.29, 0.717) is 31.2 Å². The second kappa shape index (κ2) is 49.1. The van der Waals surface area contributed by atoms with Crippen LogP contribution >= 0.6 is 12.6 Å². The highest BCUT2D eigenvalue weighted by Crippen LogP contribution is 2.28. The number of nitrogens with one attached hydrogen (secondary N) is 11. The highest BCUT2D eigenvalue weighted by molar-refractivity contribution is 7.80. The Hall–Kier alpha value is -10.3. The Morgan fingerprint density at radius 1 is 0.470 bits per heavy atom. The topological polar surface area (TPSA) is 630 Å². The maximum absolute atomic E-state index is 15.0.